The zero-order chi connectivity index (χ0) is 19.6. The third kappa shape index (κ3) is 4.66. The van der Waals surface area contributed by atoms with Crippen molar-refractivity contribution in [3.05, 3.63) is 28.3 Å². The Bertz CT molecular complexity index is 842. The summed E-state index contributed by atoms with van der Waals surface area (Å²) in [6, 6.07) is 4.57. The highest BCUT2D eigenvalue weighted by Gasteiger charge is 2.31. The number of hydrogen-bond acceptors (Lipinski definition) is 6. The molecule has 0 spiro atoms. The van der Waals surface area contributed by atoms with Crippen LogP contribution in [-0.2, 0) is 4.74 Å². The van der Waals surface area contributed by atoms with Gasteiger partial charge in [0.05, 0.1) is 22.0 Å². The standard InChI is InChI=1S/C18H24N4O5/c1-18(2,3)27-17(23)21-9-5-4-6-13(21)11-26-16-19-14-8-7-12(22(24)25)10-15(14)20-16/h7-8,10,13H,4-6,9,11H2,1-3H3,(H,19,20)/t13-/m1/s1. The molecule has 0 bridgehead atoms. The molecule has 1 amide bonds. The van der Waals surface area contributed by atoms with E-state index in [0.29, 0.717) is 17.6 Å². The third-order valence-electron chi connectivity index (χ3n) is 4.32. The monoisotopic (exact) mass is 376 g/mol. The molecule has 0 unspecified atom stereocenters. The molecule has 0 aliphatic carbocycles. The predicted molar refractivity (Wildman–Crippen MR) is 98.8 cm³/mol. The van der Waals surface area contributed by atoms with Crippen molar-refractivity contribution in [2.24, 2.45) is 0 Å². The lowest BCUT2D eigenvalue weighted by Gasteiger charge is -2.36. The average Bonchev–Trinajstić information content (AvgIpc) is 3.00. The molecule has 1 aromatic heterocycles. The van der Waals surface area contributed by atoms with Gasteiger partial charge in [0.15, 0.2) is 0 Å². The molecule has 3 rings (SSSR count). The summed E-state index contributed by atoms with van der Waals surface area (Å²) in [5.41, 5.74) is 0.559. The Kier molecular flexibility index (Phi) is 5.20. The highest BCUT2D eigenvalue weighted by Crippen LogP contribution is 2.24. The Morgan fingerprint density at radius 2 is 2.19 bits per heavy atom. The van der Waals surface area contributed by atoms with E-state index in [4.69, 9.17) is 9.47 Å². The smallest absolute Gasteiger partial charge is 0.410 e. The van der Waals surface area contributed by atoms with Gasteiger partial charge in [-0.25, -0.2) is 4.79 Å². The van der Waals surface area contributed by atoms with Crippen LogP contribution in [0.5, 0.6) is 6.01 Å². The summed E-state index contributed by atoms with van der Waals surface area (Å²) in [4.78, 5) is 31.8. The van der Waals surface area contributed by atoms with E-state index in [2.05, 4.69) is 9.97 Å². The molecule has 1 aliphatic heterocycles. The number of ether oxygens (including phenoxy) is 2. The van der Waals surface area contributed by atoms with Gasteiger partial charge in [-0.05, 0) is 46.1 Å². The largest absolute Gasteiger partial charge is 0.463 e. The molecule has 9 heteroatoms. The summed E-state index contributed by atoms with van der Waals surface area (Å²) >= 11 is 0. The van der Waals surface area contributed by atoms with Crippen LogP contribution in [-0.4, -0.2) is 50.7 Å². The molecular formula is C18H24N4O5. The van der Waals surface area contributed by atoms with E-state index < -0.39 is 10.5 Å². The number of nitrogens with one attached hydrogen (secondary N) is 1. The zero-order valence-corrected chi connectivity index (χ0v) is 15.7. The van der Waals surface area contributed by atoms with Crippen molar-refractivity contribution in [1.29, 1.82) is 0 Å². The maximum Gasteiger partial charge on any atom is 0.410 e. The number of nitrogens with zero attached hydrogens (tertiary/aromatic N) is 3. The lowest BCUT2D eigenvalue weighted by Crippen LogP contribution is -2.48. The number of likely N-dealkylation sites (tertiary alicyclic amines) is 1. The second-order valence-electron chi connectivity index (χ2n) is 7.63. The van der Waals surface area contributed by atoms with Crippen LogP contribution >= 0.6 is 0 Å². The van der Waals surface area contributed by atoms with Crippen LogP contribution in [0.3, 0.4) is 0 Å². The minimum Gasteiger partial charge on any atom is -0.463 e. The molecule has 1 fully saturated rings. The van der Waals surface area contributed by atoms with Gasteiger partial charge in [-0.15, -0.1) is 0 Å². The second kappa shape index (κ2) is 7.42. The molecule has 27 heavy (non-hydrogen) atoms. The van der Waals surface area contributed by atoms with Crippen LogP contribution in [0.15, 0.2) is 18.2 Å². The van der Waals surface area contributed by atoms with E-state index in [1.807, 2.05) is 20.8 Å². The molecule has 1 saturated heterocycles. The van der Waals surface area contributed by atoms with E-state index in [1.54, 1.807) is 11.0 Å². The lowest BCUT2D eigenvalue weighted by atomic mass is 10.0. The minimum atomic E-state index is -0.548. The van der Waals surface area contributed by atoms with Crippen LogP contribution < -0.4 is 4.74 Å². The van der Waals surface area contributed by atoms with Crippen LogP contribution in [0.4, 0.5) is 10.5 Å². The number of aromatic amines is 1. The SMILES string of the molecule is CC(C)(C)OC(=O)N1CCCC[C@@H]1COc1nc2ccc([N+](=O)[O-])cc2[nH]1. The van der Waals surface area contributed by atoms with E-state index in [-0.39, 0.29) is 30.4 Å². The summed E-state index contributed by atoms with van der Waals surface area (Å²) in [7, 11) is 0. The molecule has 1 aliphatic rings. The van der Waals surface area contributed by atoms with Gasteiger partial charge >= 0.3 is 6.09 Å². The van der Waals surface area contributed by atoms with Gasteiger partial charge in [0.2, 0.25) is 0 Å². The molecule has 1 N–H and O–H groups in total. The van der Waals surface area contributed by atoms with Crippen LogP contribution in [0.25, 0.3) is 11.0 Å². The molecule has 0 saturated carbocycles. The van der Waals surface area contributed by atoms with Gasteiger partial charge in [0.25, 0.3) is 11.7 Å². The highest BCUT2D eigenvalue weighted by molar-refractivity contribution is 5.78. The Hall–Kier alpha value is -2.84. The summed E-state index contributed by atoms with van der Waals surface area (Å²) in [5, 5.41) is 10.9. The summed E-state index contributed by atoms with van der Waals surface area (Å²) in [5.74, 6) is 0. The number of rotatable bonds is 4. The average molecular weight is 376 g/mol. The molecule has 1 aromatic carbocycles. The number of amides is 1. The van der Waals surface area contributed by atoms with E-state index >= 15 is 0 Å². The van der Waals surface area contributed by atoms with E-state index in [9.17, 15) is 14.9 Å². The molecule has 146 valence electrons. The highest BCUT2D eigenvalue weighted by atomic mass is 16.6. The van der Waals surface area contributed by atoms with Gasteiger partial charge in [0.1, 0.15) is 12.2 Å². The number of non-ortho nitro benzene ring substituents is 1. The number of imidazole rings is 1. The molecule has 2 heterocycles. The van der Waals surface area contributed by atoms with E-state index in [0.717, 1.165) is 19.3 Å². The number of hydrogen-bond donors (Lipinski definition) is 1. The predicted octanol–water partition coefficient (Wildman–Crippen LogP) is 3.64. The van der Waals surface area contributed by atoms with Crippen molar-refractivity contribution in [3.63, 3.8) is 0 Å². The Morgan fingerprint density at radius 3 is 2.89 bits per heavy atom. The fourth-order valence-electron chi connectivity index (χ4n) is 3.07. The molecule has 1 atom stereocenters. The van der Waals surface area contributed by atoms with Crippen molar-refractivity contribution in [1.82, 2.24) is 14.9 Å². The normalized spacial score (nSPS) is 17.7. The topological polar surface area (TPSA) is 111 Å². The number of carbonyl (C=O) groups excluding carboxylic acids is 1. The Morgan fingerprint density at radius 1 is 1.41 bits per heavy atom. The first-order valence-electron chi connectivity index (χ1n) is 8.99. The Balaban J connectivity index is 1.67. The number of H-pyrrole nitrogens is 1. The quantitative estimate of drug-likeness (QED) is 0.644. The molecule has 0 radical (unpaired) electrons. The summed E-state index contributed by atoms with van der Waals surface area (Å²) < 4.78 is 11.2. The number of benzene rings is 1. The minimum absolute atomic E-state index is 0.0129. The first kappa shape index (κ1) is 18.9. The van der Waals surface area contributed by atoms with Gasteiger partial charge in [-0.3, -0.25) is 10.1 Å². The van der Waals surface area contributed by atoms with E-state index in [1.165, 1.54) is 12.1 Å². The second-order valence-corrected chi connectivity index (χ2v) is 7.63. The first-order chi connectivity index (χ1) is 12.7. The number of carbonyl (C=O) groups is 1. The van der Waals surface area contributed by atoms with Crippen LogP contribution in [0.1, 0.15) is 40.0 Å². The fourth-order valence-corrected chi connectivity index (χ4v) is 3.07. The third-order valence-corrected chi connectivity index (χ3v) is 4.32. The summed E-state index contributed by atoms with van der Waals surface area (Å²) in [6.45, 7) is 6.44. The van der Waals surface area contributed by atoms with Crippen LogP contribution in [0, 0.1) is 10.1 Å². The summed E-state index contributed by atoms with van der Waals surface area (Å²) in [6.07, 6.45) is 2.44. The lowest BCUT2D eigenvalue weighted by molar-refractivity contribution is -0.384. The van der Waals surface area contributed by atoms with Crippen molar-refractivity contribution < 1.29 is 19.2 Å². The van der Waals surface area contributed by atoms with Gasteiger partial charge in [-0.1, -0.05) is 0 Å². The molecule has 2 aromatic rings. The maximum atomic E-state index is 12.4. The van der Waals surface area contributed by atoms with Gasteiger partial charge in [0, 0.05) is 18.7 Å². The van der Waals surface area contributed by atoms with Gasteiger partial charge < -0.3 is 19.4 Å². The first-order valence-corrected chi connectivity index (χ1v) is 8.99. The van der Waals surface area contributed by atoms with Crippen molar-refractivity contribution in [2.75, 3.05) is 13.2 Å². The zero-order valence-electron chi connectivity index (χ0n) is 15.7. The van der Waals surface area contributed by atoms with Crippen molar-refractivity contribution in [3.8, 4) is 6.01 Å². The van der Waals surface area contributed by atoms with Crippen molar-refractivity contribution in [2.45, 2.75) is 51.7 Å². The maximum absolute atomic E-state index is 12.4. The van der Waals surface area contributed by atoms with Crippen molar-refractivity contribution >= 4 is 22.8 Å². The number of piperidine rings is 1. The number of nitro benzene ring substituents is 1. The molecular weight excluding hydrogens is 352 g/mol. The number of fused-ring (bicyclic) bond motifs is 1. The van der Waals surface area contributed by atoms with Crippen LogP contribution in [0.2, 0.25) is 0 Å². The molecule has 9 nitrogen and oxygen atoms in total. The van der Waals surface area contributed by atoms with Gasteiger partial charge in [-0.2, -0.15) is 4.98 Å². The number of aromatic nitrogens is 2. The fraction of sp³-hybridized carbons (Fsp3) is 0.556. The Labute approximate surface area is 156 Å². The number of nitro groups is 1.